The zero-order chi connectivity index (χ0) is 18.2. The third-order valence-corrected chi connectivity index (χ3v) is 4.03. The second kappa shape index (κ2) is 9.03. The van der Waals surface area contributed by atoms with E-state index < -0.39 is 0 Å². The summed E-state index contributed by atoms with van der Waals surface area (Å²) in [5, 5.41) is 10.7. The van der Waals surface area contributed by atoms with Gasteiger partial charge in [0, 0.05) is 20.6 Å². The molecule has 8 heteroatoms. The molecule has 2 rings (SSSR count). The fourth-order valence-corrected chi connectivity index (χ4v) is 2.48. The van der Waals surface area contributed by atoms with Gasteiger partial charge < -0.3 is 20.3 Å². The molecule has 0 aliphatic heterocycles. The molecule has 1 atom stereocenters. The lowest BCUT2D eigenvalue weighted by Gasteiger charge is -2.26. The number of nitrogens with one attached hydrogen (secondary N) is 2. The number of aliphatic imine (C=N–C) groups is 1. The lowest BCUT2D eigenvalue weighted by Crippen LogP contribution is -2.41. The van der Waals surface area contributed by atoms with Gasteiger partial charge in [-0.05, 0) is 31.8 Å². The van der Waals surface area contributed by atoms with Gasteiger partial charge in [-0.2, -0.15) is 5.10 Å². The first-order valence-electron chi connectivity index (χ1n) is 8.13. The highest BCUT2D eigenvalue weighted by Crippen LogP contribution is 2.20. The maximum Gasteiger partial charge on any atom is 0.191 e. The lowest BCUT2D eigenvalue weighted by molar-refractivity contribution is 0.298. The minimum absolute atomic E-state index is 0.208. The predicted molar refractivity (Wildman–Crippen MR) is 98.6 cm³/mol. The largest absolute Gasteiger partial charge is 0.497 e. The van der Waals surface area contributed by atoms with Crippen LogP contribution in [0.5, 0.6) is 5.75 Å². The SMILES string of the molecule is CN=C(NCc1ncnn1C)NCC(c1ccc(OC)cc1)N(C)C. The van der Waals surface area contributed by atoms with Crippen LogP contribution in [-0.4, -0.2) is 60.4 Å². The molecule has 1 unspecified atom stereocenters. The Hall–Kier alpha value is -2.61. The third kappa shape index (κ3) is 5.18. The molecule has 1 heterocycles. The number of benzene rings is 1. The maximum absolute atomic E-state index is 5.23. The summed E-state index contributed by atoms with van der Waals surface area (Å²) in [6.45, 7) is 1.28. The summed E-state index contributed by atoms with van der Waals surface area (Å²) in [6, 6.07) is 8.33. The highest BCUT2D eigenvalue weighted by molar-refractivity contribution is 5.79. The van der Waals surface area contributed by atoms with E-state index in [1.807, 2.05) is 19.2 Å². The van der Waals surface area contributed by atoms with Gasteiger partial charge in [0.25, 0.3) is 0 Å². The summed E-state index contributed by atoms with van der Waals surface area (Å²) in [5.74, 6) is 2.43. The van der Waals surface area contributed by atoms with Crippen molar-refractivity contribution in [2.45, 2.75) is 12.6 Å². The molecule has 1 aromatic carbocycles. The molecule has 0 saturated heterocycles. The molecule has 2 N–H and O–H groups in total. The molecule has 136 valence electrons. The highest BCUT2D eigenvalue weighted by Gasteiger charge is 2.15. The van der Waals surface area contributed by atoms with Crippen molar-refractivity contribution in [2.24, 2.45) is 12.0 Å². The molecule has 0 radical (unpaired) electrons. The zero-order valence-electron chi connectivity index (χ0n) is 15.5. The van der Waals surface area contributed by atoms with Gasteiger partial charge in [0.05, 0.1) is 19.7 Å². The normalized spacial score (nSPS) is 13.0. The van der Waals surface area contributed by atoms with E-state index in [-0.39, 0.29) is 6.04 Å². The molecule has 0 saturated carbocycles. The molecular formula is C17H27N7O. The summed E-state index contributed by atoms with van der Waals surface area (Å²) in [5.41, 5.74) is 1.21. The number of nitrogens with zero attached hydrogens (tertiary/aromatic N) is 5. The molecule has 0 bridgehead atoms. The van der Waals surface area contributed by atoms with Crippen LogP contribution < -0.4 is 15.4 Å². The number of methoxy groups -OCH3 is 1. The molecule has 25 heavy (non-hydrogen) atoms. The van der Waals surface area contributed by atoms with Gasteiger partial charge in [-0.25, -0.2) is 4.98 Å². The number of hydrogen-bond acceptors (Lipinski definition) is 5. The number of hydrogen-bond donors (Lipinski definition) is 2. The average molecular weight is 345 g/mol. The number of aromatic nitrogens is 3. The number of ether oxygens (including phenoxy) is 1. The molecule has 0 spiro atoms. The van der Waals surface area contributed by atoms with Crippen molar-refractivity contribution >= 4 is 5.96 Å². The number of rotatable bonds is 7. The monoisotopic (exact) mass is 345 g/mol. The Labute approximate surface area is 148 Å². The Morgan fingerprint density at radius 3 is 2.52 bits per heavy atom. The van der Waals surface area contributed by atoms with Crippen LogP contribution in [-0.2, 0) is 13.6 Å². The summed E-state index contributed by atoms with van der Waals surface area (Å²) in [7, 11) is 9.42. The van der Waals surface area contributed by atoms with Crippen molar-refractivity contribution in [1.29, 1.82) is 0 Å². The second-order valence-electron chi connectivity index (χ2n) is 5.86. The maximum atomic E-state index is 5.23. The van der Waals surface area contributed by atoms with Gasteiger partial charge in [-0.15, -0.1) is 0 Å². The predicted octanol–water partition coefficient (Wildman–Crippen LogP) is 0.792. The topological polar surface area (TPSA) is 79.6 Å². The fraction of sp³-hybridized carbons (Fsp3) is 0.471. The summed E-state index contributed by atoms with van der Waals surface area (Å²) in [4.78, 5) is 10.6. The Morgan fingerprint density at radius 1 is 1.28 bits per heavy atom. The second-order valence-corrected chi connectivity index (χ2v) is 5.86. The Morgan fingerprint density at radius 2 is 2.00 bits per heavy atom. The summed E-state index contributed by atoms with van der Waals surface area (Å²) >= 11 is 0. The van der Waals surface area contributed by atoms with Crippen molar-refractivity contribution < 1.29 is 4.74 Å². The van der Waals surface area contributed by atoms with Gasteiger partial charge in [0.15, 0.2) is 5.96 Å². The Bertz CT molecular complexity index is 679. The Kier molecular flexibility index (Phi) is 6.76. The van der Waals surface area contributed by atoms with E-state index in [1.165, 1.54) is 5.56 Å². The molecule has 2 aromatic rings. The van der Waals surface area contributed by atoms with Crippen LogP contribution >= 0.6 is 0 Å². The standard InChI is InChI=1S/C17H27N7O/c1-18-17(20-11-16-21-12-22-24(16)4)19-10-15(23(2)3)13-6-8-14(25-5)9-7-13/h6-9,12,15H,10-11H2,1-5H3,(H2,18,19,20). The van der Waals surface area contributed by atoms with E-state index in [9.17, 15) is 0 Å². The van der Waals surface area contributed by atoms with Crippen LogP contribution in [0.3, 0.4) is 0 Å². The first-order valence-corrected chi connectivity index (χ1v) is 8.13. The smallest absolute Gasteiger partial charge is 0.191 e. The quantitative estimate of drug-likeness (QED) is 0.571. The molecular weight excluding hydrogens is 318 g/mol. The van der Waals surface area contributed by atoms with Crippen LogP contribution in [0.1, 0.15) is 17.4 Å². The fourth-order valence-electron chi connectivity index (χ4n) is 2.48. The number of aryl methyl sites for hydroxylation is 1. The van der Waals surface area contributed by atoms with Crippen LogP contribution in [0.2, 0.25) is 0 Å². The lowest BCUT2D eigenvalue weighted by atomic mass is 10.1. The van der Waals surface area contributed by atoms with Crippen LogP contribution in [0.15, 0.2) is 35.6 Å². The minimum Gasteiger partial charge on any atom is -0.497 e. The van der Waals surface area contributed by atoms with Crippen LogP contribution in [0.4, 0.5) is 0 Å². The highest BCUT2D eigenvalue weighted by atomic mass is 16.5. The first kappa shape index (κ1) is 18.7. The van der Waals surface area contributed by atoms with Gasteiger partial charge in [0.1, 0.15) is 17.9 Å². The van der Waals surface area contributed by atoms with E-state index >= 15 is 0 Å². The van der Waals surface area contributed by atoms with E-state index in [2.05, 4.69) is 56.8 Å². The van der Waals surface area contributed by atoms with Crippen molar-refractivity contribution in [3.63, 3.8) is 0 Å². The van der Waals surface area contributed by atoms with Crippen molar-refractivity contribution in [1.82, 2.24) is 30.3 Å². The van der Waals surface area contributed by atoms with E-state index in [1.54, 1.807) is 25.2 Å². The molecule has 0 fully saturated rings. The third-order valence-electron chi connectivity index (χ3n) is 4.03. The van der Waals surface area contributed by atoms with Gasteiger partial charge in [-0.3, -0.25) is 9.67 Å². The number of likely N-dealkylation sites (N-methyl/N-ethyl adjacent to an activating group) is 1. The first-order chi connectivity index (χ1) is 12.0. The van der Waals surface area contributed by atoms with Crippen molar-refractivity contribution in [3.8, 4) is 5.75 Å². The molecule has 8 nitrogen and oxygen atoms in total. The van der Waals surface area contributed by atoms with Crippen molar-refractivity contribution in [2.75, 3.05) is 34.8 Å². The van der Waals surface area contributed by atoms with Gasteiger partial charge in [0.2, 0.25) is 0 Å². The number of guanidine groups is 1. The van der Waals surface area contributed by atoms with Crippen molar-refractivity contribution in [3.05, 3.63) is 42.0 Å². The van der Waals surface area contributed by atoms with Gasteiger partial charge in [-0.1, -0.05) is 12.1 Å². The zero-order valence-corrected chi connectivity index (χ0v) is 15.5. The summed E-state index contributed by atoms with van der Waals surface area (Å²) in [6.07, 6.45) is 1.54. The summed E-state index contributed by atoms with van der Waals surface area (Å²) < 4.78 is 6.97. The van der Waals surface area contributed by atoms with Crippen LogP contribution in [0.25, 0.3) is 0 Å². The van der Waals surface area contributed by atoms with E-state index in [4.69, 9.17) is 4.74 Å². The minimum atomic E-state index is 0.208. The van der Waals surface area contributed by atoms with Crippen LogP contribution in [0, 0.1) is 0 Å². The Balaban J connectivity index is 1.95. The molecule has 0 aliphatic rings. The van der Waals surface area contributed by atoms with E-state index in [0.717, 1.165) is 24.1 Å². The molecule has 0 aliphatic carbocycles. The molecule has 0 amide bonds. The molecule has 1 aromatic heterocycles. The van der Waals surface area contributed by atoms with E-state index in [0.29, 0.717) is 6.54 Å². The average Bonchev–Trinajstić information content (AvgIpc) is 3.03. The van der Waals surface area contributed by atoms with Gasteiger partial charge >= 0.3 is 0 Å².